The summed E-state index contributed by atoms with van der Waals surface area (Å²) in [5.41, 5.74) is -0.00547. The van der Waals surface area contributed by atoms with Crippen LogP contribution >= 0.6 is 23.2 Å². The summed E-state index contributed by atoms with van der Waals surface area (Å²) in [5, 5.41) is 6.82. The zero-order chi connectivity index (χ0) is 28.0. The van der Waals surface area contributed by atoms with Crippen LogP contribution in [0.5, 0.6) is 5.75 Å². The van der Waals surface area contributed by atoms with Crippen molar-refractivity contribution >= 4 is 46.6 Å². The van der Waals surface area contributed by atoms with E-state index in [1.807, 2.05) is 30.3 Å². The minimum Gasteiger partial charge on any atom is -0.497 e. The van der Waals surface area contributed by atoms with Crippen LogP contribution in [0.4, 0.5) is 5.69 Å². The highest BCUT2D eigenvalue weighted by Crippen LogP contribution is 2.55. The fourth-order valence-electron chi connectivity index (χ4n) is 6.78. The number of amides is 3. The average Bonchev–Trinajstić information content (AvgIpc) is 3.56. The summed E-state index contributed by atoms with van der Waals surface area (Å²) >= 11 is 12.3. The van der Waals surface area contributed by atoms with Crippen molar-refractivity contribution < 1.29 is 23.9 Å². The molecule has 3 aliphatic heterocycles. The van der Waals surface area contributed by atoms with Gasteiger partial charge in [0.2, 0.25) is 17.7 Å². The van der Waals surface area contributed by atoms with Gasteiger partial charge in [0.1, 0.15) is 17.4 Å². The number of benzene rings is 2. The van der Waals surface area contributed by atoms with E-state index in [0.717, 1.165) is 37.7 Å². The largest absolute Gasteiger partial charge is 0.497 e. The molecule has 0 unspecified atom stereocenters. The molecule has 6 rings (SSSR count). The topological polar surface area (TPSA) is 97.0 Å². The summed E-state index contributed by atoms with van der Waals surface area (Å²) in [6, 6.07) is 11.3. The minimum absolute atomic E-state index is 0.0553. The van der Waals surface area contributed by atoms with Crippen molar-refractivity contribution in [2.24, 2.45) is 11.8 Å². The first kappa shape index (κ1) is 27.1. The van der Waals surface area contributed by atoms with Gasteiger partial charge in [-0.2, -0.15) is 0 Å². The monoisotopic (exact) mass is 583 g/mol. The lowest BCUT2D eigenvalue weighted by atomic mass is 9.74. The van der Waals surface area contributed by atoms with Gasteiger partial charge in [-0.15, -0.1) is 0 Å². The molecule has 2 saturated heterocycles. The van der Waals surface area contributed by atoms with Crippen LogP contribution in [0.1, 0.15) is 37.7 Å². The van der Waals surface area contributed by atoms with Crippen molar-refractivity contribution in [3.8, 4) is 5.75 Å². The molecule has 2 aromatic rings. The van der Waals surface area contributed by atoms with Crippen LogP contribution in [-0.4, -0.2) is 53.5 Å². The predicted molar refractivity (Wildman–Crippen MR) is 151 cm³/mol. The Balaban J connectivity index is 1.33. The Kier molecular flexibility index (Phi) is 7.27. The Morgan fingerprint density at radius 3 is 2.55 bits per heavy atom. The van der Waals surface area contributed by atoms with Gasteiger partial charge in [-0.3, -0.25) is 14.4 Å². The standard InChI is InChI=1S/C30H31Cl2N3O5/c1-39-22-9-5-6-17(12-22)16-35-26(28(37)33-20-7-3-2-4-8-20)30-11-10-23(40-30)24(25(30)29(35)38)27(36)34-21-14-18(31)13-19(32)15-21/h5-6,9-15,20,23-26H,2-4,7-8,16H2,1H3,(H,33,37)(H,34,36)/t23-,24-,25-,26+,30-/m0/s1. The van der Waals surface area contributed by atoms with Gasteiger partial charge in [-0.05, 0) is 48.7 Å². The molecule has 2 aromatic carbocycles. The van der Waals surface area contributed by atoms with Crippen molar-refractivity contribution in [1.29, 1.82) is 0 Å². The van der Waals surface area contributed by atoms with Gasteiger partial charge in [-0.25, -0.2) is 0 Å². The number of carbonyl (C=O) groups excluding carboxylic acids is 3. The highest BCUT2D eigenvalue weighted by molar-refractivity contribution is 6.35. The third kappa shape index (κ3) is 4.76. The SMILES string of the molecule is COc1cccc(CN2C(=O)[C@@H]3[C@@H](C(=O)Nc4cc(Cl)cc(Cl)c4)[C@@H]4C=C[C@@]3(O4)[C@H]2C(=O)NC2CCCCC2)c1. The minimum atomic E-state index is -1.24. The number of fused-ring (bicyclic) bond motifs is 1. The summed E-state index contributed by atoms with van der Waals surface area (Å²) in [6.07, 6.45) is 8.08. The maximum Gasteiger partial charge on any atom is 0.246 e. The maximum atomic E-state index is 14.2. The van der Waals surface area contributed by atoms with E-state index < -0.39 is 29.6 Å². The molecule has 210 valence electrons. The summed E-state index contributed by atoms with van der Waals surface area (Å²) in [4.78, 5) is 43.4. The summed E-state index contributed by atoms with van der Waals surface area (Å²) < 4.78 is 11.8. The number of likely N-dealkylation sites (tertiary alicyclic amines) is 1. The van der Waals surface area contributed by atoms with Crippen molar-refractivity contribution in [2.45, 2.75) is 62.4 Å². The second-order valence-electron chi connectivity index (χ2n) is 11.0. The quantitative estimate of drug-likeness (QED) is 0.459. The molecule has 4 aliphatic rings. The fourth-order valence-corrected chi connectivity index (χ4v) is 7.31. The van der Waals surface area contributed by atoms with Gasteiger partial charge in [0.15, 0.2) is 0 Å². The molecule has 40 heavy (non-hydrogen) atoms. The number of hydrogen-bond acceptors (Lipinski definition) is 5. The predicted octanol–water partition coefficient (Wildman–Crippen LogP) is 4.74. The number of ether oxygens (including phenoxy) is 2. The Hall–Kier alpha value is -3.07. The third-order valence-corrected chi connectivity index (χ3v) is 8.93. The molecule has 8 nitrogen and oxygen atoms in total. The lowest BCUT2D eigenvalue weighted by Gasteiger charge is -2.34. The molecule has 1 aliphatic carbocycles. The van der Waals surface area contributed by atoms with E-state index in [2.05, 4.69) is 10.6 Å². The second kappa shape index (κ2) is 10.7. The fraction of sp³-hybridized carbons (Fsp3) is 0.433. The Labute approximate surface area is 243 Å². The van der Waals surface area contributed by atoms with Crippen LogP contribution in [0.25, 0.3) is 0 Å². The molecule has 10 heteroatoms. The van der Waals surface area contributed by atoms with Gasteiger partial charge < -0.3 is 25.0 Å². The van der Waals surface area contributed by atoms with E-state index in [9.17, 15) is 14.4 Å². The highest BCUT2D eigenvalue weighted by Gasteiger charge is 2.72. The van der Waals surface area contributed by atoms with Crippen LogP contribution in [0.2, 0.25) is 10.0 Å². The molecular formula is C30H31Cl2N3O5. The molecule has 2 bridgehead atoms. The van der Waals surface area contributed by atoms with E-state index in [1.165, 1.54) is 0 Å². The molecule has 3 fully saturated rings. The van der Waals surface area contributed by atoms with Crippen LogP contribution in [0.3, 0.4) is 0 Å². The zero-order valence-electron chi connectivity index (χ0n) is 22.1. The van der Waals surface area contributed by atoms with Crippen molar-refractivity contribution in [2.75, 3.05) is 12.4 Å². The number of anilines is 1. The molecule has 1 saturated carbocycles. The summed E-state index contributed by atoms with van der Waals surface area (Å²) in [7, 11) is 1.58. The van der Waals surface area contributed by atoms with E-state index in [1.54, 1.807) is 36.3 Å². The first-order valence-electron chi connectivity index (χ1n) is 13.7. The number of halogens is 2. The lowest BCUT2D eigenvalue weighted by molar-refractivity contribution is -0.142. The molecule has 3 amide bonds. The molecule has 0 radical (unpaired) electrons. The second-order valence-corrected chi connectivity index (χ2v) is 11.9. The lowest BCUT2D eigenvalue weighted by Crippen LogP contribution is -2.56. The number of carbonyl (C=O) groups is 3. The Morgan fingerprint density at radius 1 is 1.07 bits per heavy atom. The number of nitrogens with zero attached hydrogens (tertiary/aromatic N) is 1. The van der Waals surface area contributed by atoms with Crippen molar-refractivity contribution in [3.05, 3.63) is 70.2 Å². The Bertz CT molecular complexity index is 1360. The average molecular weight is 584 g/mol. The van der Waals surface area contributed by atoms with E-state index in [0.29, 0.717) is 21.5 Å². The van der Waals surface area contributed by atoms with Gasteiger partial charge in [0.05, 0.1) is 25.0 Å². The summed E-state index contributed by atoms with van der Waals surface area (Å²) in [6.45, 7) is 0.178. The normalized spacial score (nSPS) is 29.0. The zero-order valence-corrected chi connectivity index (χ0v) is 23.6. The number of methoxy groups -OCH3 is 1. The van der Waals surface area contributed by atoms with Crippen LogP contribution < -0.4 is 15.4 Å². The van der Waals surface area contributed by atoms with Gasteiger partial charge in [-0.1, -0.05) is 66.7 Å². The van der Waals surface area contributed by atoms with Gasteiger partial charge in [0, 0.05) is 28.3 Å². The smallest absolute Gasteiger partial charge is 0.246 e. The van der Waals surface area contributed by atoms with E-state index >= 15 is 0 Å². The number of hydrogen-bond donors (Lipinski definition) is 2. The summed E-state index contributed by atoms with van der Waals surface area (Å²) in [5.74, 6) is -1.95. The van der Waals surface area contributed by atoms with Crippen LogP contribution in [0.15, 0.2) is 54.6 Å². The van der Waals surface area contributed by atoms with E-state index in [4.69, 9.17) is 32.7 Å². The maximum absolute atomic E-state index is 14.2. The Morgan fingerprint density at radius 2 is 1.82 bits per heavy atom. The van der Waals surface area contributed by atoms with Gasteiger partial charge >= 0.3 is 0 Å². The van der Waals surface area contributed by atoms with Crippen LogP contribution in [0, 0.1) is 11.8 Å². The van der Waals surface area contributed by atoms with Crippen LogP contribution in [-0.2, 0) is 25.7 Å². The molecule has 5 atom stereocenters. The molecular weight excluding hydrogens is 553 g/mol. The number of nitrogens with one attached hydrogen (secondary N) is 2. The molecule has 1 spiro atoms. The molecule has 3 heterocycles. The van der Waals surface area contributed by atoms with Gasteiger partial charge in [0.25, 0.3) is 0 Å². The molecule has 0 aromatic heterocycles. The van der Waals surface area contributed by atoms with Crippen molar-refractivity contribution in [1.82, 2.24) is 10.2 Å². The molecule has 2 N–H and O–H groups in total. The van der Waals surface area contributed by atoms with E-state index in [-0.39, 0.29) is 30.3 Å². The highest BCUT2D eigenvalue weighted by atomic mass is 35.5. The first-order chi connectivity index (χ1) is 19.3. The third-order valence-electron chi connectivity index (χ3n) is 8.49. The van der Waals surface area contributed by atoms with Crippen molar-refractivity contribution in [3.63, 3.8) is 0 Å². The number of rotatable bonds is 7. The first-order valence-corrected chi connectivity index (χ1v) is 14.4.